The van der Waals surface area contributed by atoms with E-state index in [0.29, 0.717) is 18.0 Å². The van der Waals surface area contributed by atoms with Gasteiger partial charge < -0.3 is 10.3 Å². The van der Waals surface area contributed by atoms with E-state index in [1.54, 1.807) is 0 Å². The lowest BCUT2D eigenvalue weighted by atomic mass is 9.98. The SMILES string of the molecule is CCC1CNC(C(C)C)CN1Cc1csc(=O)[nH]1. The number of hydrogen-bond donors (Lipinski definition) is 2. The van der Waals surface area contributed by atoms with E-state index in [1.165, 1.54) is 11.3 Å². The Hall–Kier alpha value is -0.650. The fraction of sp³-hybridized carbons (Fsp3) is 0.769. The van der Waals surface area contributed by atoms with Gasteiger partial charge in [-0.3, -0.25) is 9.69 Å². The number of rotatable bonds is 4. The van der Waals surface area contributed by atoms with Crippen molar-refractivity contribution in [2.75, 3.05) is 13.1 Å². The second-order valence-corrected chi connectivity index (χ2v) is 6.27. The molecule has 1 saturated heterocycles. The van der Waals surface area contributed by atoms with Gasteiger partial charge in [-0.2, -0.15) is 0 Å². The molecule has 0 aliphatic carbocycles. The summed E-state index contributed by atoms with van der Waals surface area (Å²) in [6.45, 7) is 9.72. The van der Waals surface area contributed by atoms with E-state index >= 15 is 0 Å². The van der Waals surface area contributed by atoms with Gasteiger partial charge in [-0.05, 0) is 12.3 Å². The number of aromatic amines is 1. The molecule has 102 valence electrons. The molecule has 5 heteroatoms. The molecule has 1 fully saturated rings. The van der Waals surface area contributed by atoms with Crippen LogP contribution in [0.15, 0.2) is 10.2 Å². The van der Waals surface area contributed by atoms with E-state index in [-0.39, 0.29) is 4.87 Å². The van der Waals surface area contributed by atoms with Crippen LogP contribution in [0, 0.1) is 5.92 Å². The van der Waals surface area contributed by atoms with Gasteiger partial charge in [0.15, 0.2) is 0 Å². The van der Waals surface area contributed by atoms with Crippen LogP contribution in [0.5, 0.6) is 0 Å². The average Bonchev–Trinajstić information content (AvgIpc) is 2.74. The fourth-order valence-corrected chi connectivity index (χ4v) is 3.11. The molecule has 2 N–H and O–H groups in total. The van der Waals surface area contributed by atoms with Crippen molar-refractivity contribution in [1.82, 2.24) is 15.2 Å². The lowest BCUT2D eigenvalue weighted by Crippen LogP contribution is -2.57. The van der Waals surface area contributed by atoms with Crippen LogP contribution in [-0.4, -0.2) is 35.1 Å². The standard InChI is InChI=1S/C13H23N3OS/c1-4-11-5-14-12(9(2)3)7-16(11)6-10-8-18-13(17)15-10/h8-9,11-12,14H,4-7H2,1-3H3,(H,15,17). The molecular weight excluding hydrogens is 246 g/mol. The summed E-state index contributed by atoms with van der Waals surface area (Å²) in [6, 6.07) is 1.13. The zero-order valence-electron chi connectivity index (χ0n) is 11.4. The van der Waals surface area contributed by atoms with Gasteiger partial charge in [0.25, 0.3) is 0 Å². The van der Waals surface area contributed by atoms with Crippen LogP contribution in [0.2, 0.25) is 0 Å². The Morgan fingerprint density at radius 3 is 2.89 bits per heavy atom. The van der Waals surface area contributed by atoms with Crippen LogP contribution in [-0.2, 0) is 6.54 Å². The fourth-order valence-electron chi connectivity index (χ4n) is 2.54. The van der Waals surface area contributed by atoms with Crippen LogP contribution in [0.25, 0.3) is 0 Å². The Labute approximate surface area is 112 Å². The van der Waals surface area contributed by atoms with E-state index in [2.05, 4.69) is 36.0 Å². The van der Waals surface area contributed by atoms with Crippen LogP contribution >= 0.6 is 11.3 Å². The Morgan fingerprint density at radius 2 is 2.33 bits per heavy atom. The molecule has 1 aliphatic heterocycles. The third-order valence-corrected chi connectivity index (χ3v) is 4.50. The molecule has 2 atom stereocenters. The summed E-state index contributed by atoms with van der Waals surface area (Å²) in [7, 11) is 0. The Balaban J connectivity index is 2.04. The summed E-state index contributed by atoms with van der Waals surface area (Å²) in [4.78, 5) is 16.6. The molecule has 0 saturated carbocycles. The summed E-state index contributed by atoms with van der Waals surface area (Å²) in [6.07, 6.45) is 1.15. The summed E-state index contributed by atoms with van der Waals surface area (Å²) in [5, 5.41) is 5.58. The van der Waals surface area contributed by atoms with E-state index in [4.69, 9.17) is 0 Å². The second-order valence-electron chi connectivity index (χ2n) is 5.42. The number of hydrogen-bond acceptors (Lipinski definition) is 4. The number of H-pyrrole nitrogens is 1. The van der Waals surface area contributed by atoms with E-state index in [1.807, 2.05) is 5.38 Å². The molecule has 0 aromatic carbocycles. The molecule has 2 rings (SSSR count). The minimum atomic E-state index is 0.0496. The van der Waals surface area contributed by atoms with Gasteiger partial charge in [-0.25, -0.2) is 0 Å². The molecule has 1 aromatic heterocycles. The molecule has 0 bridgehead atoms. The number of nitrogens with zero attached hydrogens (tertiary/aromatic N) is 1. The summed E-state index contributed by atoms with van der Waals surface area (Å²) < 4.78 is 0. The predicted octanol–water partition coefficient (Wildman–Crippen LogP) is 1.64. The number of nitrogens with one attached hydrogen (secondary N) is 2. The highest BCUT2D eigenvalue weighted by molar-refractivity contribution is 7.07. The number of thiazole rings is 1. The van der Waals surface area contributed by atoms with Gasteiger partial charge in [-0.15, -0.1) is 0 Å². The number of aromatic nitrogens is 1. The average molecular weight is 269 g/mol. The van der Waals surface area contributed by atoms with Gasteiger partial charge in [0.1, 0.15) is 0 Å². The largest absolute Gasteiger partial charge is 0.315 e. The molecular formula is C13H23N3OS. The normalized spacial score (nSPS) is 25.8. The van der Waals surface area contributed by atoms with Crippen molar-refractivity contribution in [3.05, 3.63) is 20.7 Å². The van der Waals surface area contributed by atoms with E-state index in [9.17, 15) is 4.79 Å². The van der Waals surface area contributed by atoms with Crippen molar-refractivity contribution >= 4 is 11.3 Å². The monoisotopic (exact) mass is 269 g/mol. The van der Waals surface area contributed by atoms with E-state index in [0.717, 1.165) is 31.7 Å². The summed E-state index contributed by atoms with van der Waals surface area (Å²) in [5.74, 6) is 0.645. The molecule has 4 nitrogen and oxygen atoms in total. The van der Waals surface area contributed by atoms with Crippen LogP contribution in [0.4, 0.5) is 0 Å². The van der Waals surface area contributed by atoms with Crippen molar-refractivity contribution in [3.8, 4) is 0 Å². The smallest absolute Gasteiger partial charge is 0.304 e. The summed E-state index contributed by atoms with van der Waals surface area (Å²) in [5.41, 5.74) is 1.05. The molecule has 0 spiro atoms. The van der Waals surface area contributed by atoms with Gasteiger partial charge in [0.05, 0.1) is 0 Å². The maximum atomic E-state index is 11.2. The Bertz CT molecular complexity index is 426. The molecule has 0 amide bonds. The predicted molar refractivity (Wildman–Crippen MR) is 76.1 cm³/mol. The summed E-state index contributed by atoms with van der Waals surface area (Å²) >= 11 is 1.26. The van der Waals surface area contributed by atoms with Gasteiger partial charge in [0.2, 0.25) is 0 Å². The first-order chi connectivity index (χ1) is 8.60. The van der Waals surface area contributed by atoms with Gasteiger partial charge in [-0.1, -0.05) is 32.1 Å². The second kappa shape index (κ2) is 5.99. The Morgan fingerprint density at radius 1 is 1.56 bits per heavy atom. The van der Waals surface area contributed by atoms with E-state index < -0.39 is 0 Å². The first-order valence-electron chi connectivity index (χ1n) is 6.74. The van der Waals surface area contributed by atoms with Crippen molar-refractivity contribution in [2.24, 2.45) is 5.92 Å². The third-order valence-electron chi connectivity index (χ3n) is 3.78. The molecule has 0 radical (unpaired) electrons. The molecule has 2 unspecified atom stereocenters. The highest BCUT2D eigenvalue weighted by Crippen LogP contribution is 2.17. The van der Waals surface area contributed by atoms with Crippen molar-refractivity contribution in [1.29, 1.82) is 0 Å². The zero-order chi connectivity index (χ0) is 13.1. The maximum Gasteiger partial charge on any atom is 0.304 e. The quantitative estimate of drug-likeness (QED) is 0.873. The minimum absolute atomic E-state index is 0.0496. The molecule has 1 aliphatic rings. The molecule has 1 aromatic rings. The topological polar surface area (TPSA) is 48.1 Å². The van der Waals surface area contributed by atoms with Crippen molar-refractivity contribution in [2.45, 2.75) is 45.8 Å². The first-order valence-corrected chi connectivity index (χ1v) is 7.62. The van der Waals surface area contributed by atoms with Gasteiger partial charge in [0, 0.05) is 42.8 Å². The zero-order valence-corrected chi connectivity index (χ0v) is 12.2. The van der Waals surface area contributed by atoms with Crippen molar-refractivity contribution in [3.63, 3.8) is 0 Å². The first kappa shape index (κ1) is 13.8. The van der Waals surface area contributed by atoms with Gasteiger partial charge >= 0.3 is 4.87 Å². The minimum Gasteiger partial charge on any atom is -0.315 e. The number of piperazine rings is 1. The highest BCUT2D eigenvalue weighted by atomic mass is 32.1. The lowest BCUT2D eigenvalue weighted by molar-refractivity contribution is 0.102. The highest BCUT2D eigenvalue weighted by Gasteiger charge is 2.28. The van der Waals surface area contributed by atoms with Crippen LogP contribution < -0.4 is 10.2 Å². The molecule has 2 heterocycles. The maximum absolute atomic E-state index is 11.2. The van der Waals surface area contributed by atoms with Crippen LogP contribution in [0.3, 0.4) is 0 Å². The van der Waals surface area contributed by atoms with Crippen molar-refractivity contribution < 1.29 is 0 Å². The lowest BCUT2D eigenvalue weighted by Gasteiger charge is -2.41. The third kappa shape index (κ3) is 3.22. The molecule has 18 heavy (non-hydrogen) atoms. The Kier molecular flexibility index (Phi) is 4.59. The van der Waals surface area contributed by atoms with Crippen LogP contribution in [0.1, 0.15) is 32.9 Å².